The fourth-order valence-corrected chi connectivity index (χ4v) is 1.47. The molecule has 0 saturated carbocycles. The summed E-state index contributed by atoms with van der Waals surface area (Å²) >= 11 is 0. The maximum atomic E-state index is 9.09. The van der Waals surface area contributed by atoms with Crippen molar-refractivity contribution in [3.05, 3.63) is 29.6 Å². The van der Waals surface area contributed by atoms with Crippen molar-refractivity contribution >= 4 is 0 Å². The number of aliphatic hydroxyl groups excluding tert-OH is 1. The van der Waals surface area contributed by atoms with Crippen LogP contribution in [0.15, 0.2) is 18.3 Å². The van der Waals surface area contributed by atoms with Crippen LogP contribution in [0.25, 0.3) is 0 Å². The lowest BCUT2D eigenvalue weighted by Gasteiger charge is -2.08. The highest BCUT2D eigenvalue weighted by molar-refractivity contribution is 5.19. The average molecular weight is 208 g/mol. The van der Waals surface area contributed by atoms with E-state index in [-0.39, 0.29) is 6.10 Å². The Morgan fingerprint density at radius 2 is 2.33 bits per heavy atom. The summed E-state index contributed by atoms with van der Waals surface area (Å²) in [4.78, 5) is 4.34. The smallest absolute Gasteiger partial charge is 0.0573 e. The van der Waals surface area contributed by atoms with Crippen molar-refractivity contribution in [3.8, 4) is 0 Å². The molecular formula is C12H20N2O. The highest BCUT2D eigenvalue weighted by Gasteiger charge is 2.01. The molecular weight excluding hydrogens is 188 g/mol. The zero-order chi connectivity index (χ0) is 11.1. The normalized spacial score (nSPS) is 12.7. The summed E-state index contributed by atoms with van der Waals surface area (Å²) in [6, 6.07) is 4.08. The number of hydrogen-bond donors (Lipinski definition) is 2. The summed E-state index contributed by atoms with van der Waals surface area (Å²) in [6.07, 6.45) is 3.40. The fraction of sp³-hybridized carbons (Fsp3) is 0.583. The minimum absolute atomic E-state index is 0.230. The lowest BCUT2D eigenvalue weighted by atomic mass is 10.1. The quantitative estimate of drug-likeness (QED) is 0.696. The van der Waals surface area contributed by atoms with Gasteiger partial charge < -0.3 is 10.4 Å². The molecule has 1 rings (SSSR count). The molecule has 0 bridgehead atoms. The van der Waals surface area contributed by atoms with Gasteiger partial charge in [-0.15, -0.1) is 0 Å². The Hall–Kier alpha value is -0.930. The maximum Gasteiger partial charge on any atom is 0.0573 e. The van der Waals surface area contributed by atoms with Gasteiger partial charge in [-0.1, -0.05) is 13.0 Å². The largest absolute Gasteiger partial charge is 0.393 e. The van der Waals surface area contributed by atoms with E-state index in [1.807, 2.05) is 12.3 Å². The van der Waals surface area contributed by atoms with Crippen molar-refractivity contribution in [1.82, 2.24) is 10.3 Å². The standard InChI is InChI=1S/C12H20N2O/c1-3-11-5-4-7-14-12(11)9-13-8-6-10(2)15/h4-5,7,10,13,15H,3,6,8-9H2,1-2H3. The highest BCUT2D eigenvalue weighted by atomic mass is 16.3. The lowest BCUT2D eigenvalue weighted by Crippen LogP contribution is -2.20. The molecule has 15 heavy (non-hydrogen) atoms. The van der Waals surface area contributed by atoms with Crippen LogP contribution in [-0.2, 0) is 13.0 Å². The van der Waals surface area contributed by atoms with Crippen LogP contribution in [0.1, 0.15) is 31.5 Å². The number of aliphatic hydroxyl groups is 1. The molecule has 0 aliphatic rings. The maximum absolute atomic E-state index is 9.09. The molecule has 0 aromatic carbocycles. The van der Waals surface area contributed by atoms with Gasteiger partial charge in [0.15, 0.2) is 0 Å². The Bertz CT molecular complexity index is 287. The average Bonchev–Trinajstić information content (AvgIpc) is 2.24. The topological polar surface area (TPSA) is 45.2 Å². The van der Waals surface area contributed by atoms with Crippen LogP contribution in [0.3, 0.4) is 0 Å². The molecule has 3 heteroatoms. The van der Waals surface area contributed by atoms with E-state index in [4.69, 9.17) is 5.11 Å². The van der Waals surface area contributed by atoms with E-state index in [1.165, 1.54) is 5.56 Å². The molecule has 3 nitrogen and oxygen atoms in total. The second-order valence-electron chi connectivity index (χ2n) is 3.78. The van der Waals surface area contributed by atoms with E-state index >= 15 is 0 Å². The van der Waals surface area contributed by atoms with E-state index in [2.05, 4.69) is 23.3 Å². The van der Waals surface area contributed by atoms with Gasteiger partial charge in [0.2, 0.25) is 0 Å². The first-order valence-electron chi connectivity index (χ1n) is 5.55. The van der Waals surface area contributed by atoms with Crippen molar-refractivity contribution in [2.75, 3.05) is 6.54 Å². The Morgan fingerprint density at radius 1 is 1.53 bits per heavy atom. The molecule has 1 unspecified atom stereocenters. The minimum Gasteiger partial charge on any atom is -0.393 e. The monoisotopic (exact) mass is 208 g/mol. The van der Waals surface area contributed by atoms with Crippen LogP contribution >= 0.6 is 0 Å². The van der Waals surface area contributed by atoms with Crippen molar-refractivity contribution in [2.45, 2.75) is 39.3 Å². The van der Waals surface area contributed by atoms with Crippen LogP contribution in [0.4, 0.5) is 0 Å². The third-order valence-electron chi connectivity index (χ3n) is 2.40. The molecule has 0 amide bonds. The SMILES string of the molecule is CCc1cccnc1CNCCC(C)O. The zero-order valence-corrected chi connectivity index (χ0v) is 9.53. The third-order valence-corrected chi connectivity index (χ3v) is 2.40. The van der Waals surface area contributed by atoms with Gasteiger partial charge in [-0.3, -0.25) is 4.98 Å². The number of aryl methyl sites for hydroxylation is 1. The first-order valence-corrected chi connectivity index (χ1v) is 5.55. The van der Waals surface area contributed by atoms with Gasteiger partial charge in [-0.2, -0.15) is 0 Å². The predicted molar refractivity (Wildman–Crippen MR) is 61.6 cm³/mol. The molecule has 0 spiro atoms. The molecule has 0 aliphatic heterocycles. The van der Waals surface area contributed by atoms with E-state index in [1.54, 1.807) is 6.92 Å². The second kappa shape index (κ2) is 6.53. The number of aromatic nitrogens is 1. The summed E-state index contributed by atoms with van der Waals surface area (Å²) in [5, 5.41) is 12.4. The van der Waals surface area contributed by atoms with Crippen LogP contribution < -0.4 is 5.32 Å². The third kappa shape index (κ3) is 4.40. The molecule has 0 fully saturated rings. The lowest BCUT2D eigenvalue weighted by molar-refractivity contribution is 0.183. The molecule has 1 heterocycles. The number of pyridine rings is 1. The van der Waals surface area contributed by atoms with Gasteiger partial charge in [-0.25, -0.2) is 0 Å². The molecule has 1 aromatic heterocycles. The van der Waals surface area contributed by atoms with Crippen LogP contribution in [0.2, 0.25) is 0 Å². The Kier molecular flexibility index (Phi) is 5.29. The van der Waals surface area contributed by atoms with E-state index in [0.717, 1.165) is 31.6 Å². The van der Waals surface area contributed by atoms with Gasteiger partial charge in [0, 0.05) is 12.7 Å². The Morgan fingerprint density at radius 3 is 3.00 bits per heavy atom. The first kappa shape index (κ1) is 12.1. The highest BCUT2D eigenvalue weighted by Crippen LogP contribution is 2.05. The van der Waals surface area contributed by atoms with Gasteiger partial charge in [-0.05, 0) is 37.9 Å². The Balaban J connectivity index is 2.36. The molecule has 0 aliphatic carbocycles. The molecule has 1 atom stereocenters. The molecule has 2 N–H and O–H groups in total. The number of nitrogens with zero attached hydrogens (tertiary/aromatic N) is 1. The van der Waals surface area contributed by atoms with E-state index in [9.17, 15) is 0 Å². The molecule has 84 valence electrons. The predicted octanol–water partition coefficient (Wildman–Crippen LogP) is 1.50. The van der Waals surface area contributed by atoms with Crippen LogP contribution in [0, 0.1) is 0 Å². The number of hydrogen-bond acceptors (Lipinski definition) is 3. The van der Waals surface area contributed by atoms with Gasteiger partial charge in [0.25, 0.3) is 0 Å². The summed E-state index contributed by atoms with van der Waals surface area (Å²) in [7, 11) is 0. The second-order valence-corrected chi connectivity index (χ2v) is 3.78. The van der Waals surface area contributed by atoms with Gasteiger partial charge in [0.05, 0.1) is 11.8 Å². The van der Waals surface area contributed by atoms with E-state index < -0.39 is 0 Å². The van der Waals surface area contributed by atoms with Gasteiger partial charge >= 0.3 is 0 Å². The zero-order valence-electron chi connectivity index (χ0n) is 9.53. The Labute approximate surface area is 91.5 Å². The molecule has 0 saturated heterocycles. The van der Waals surface area contributed by atoms with Crippen molar-refractivity contribution in [1.29, 1.82) is 0 Å². The van der Waals surface area contributed by atoms with Crippen molar-refractivity contribution < 1.29 is 5.11 Å². The summed E-state index contributed by atoms with van der Waals surface area (Å²) in [5.41, 5.74) is 2.41. The summed E-state index contributed by atoms with van der Waals surface area (Å²) in [5.74, 6) is 0. The van der Waals surface area contributed by atoms with Crippen molar-refractivity contribution in [2.24, 2.45) is 0 Å². The van der Waals surface area contributed by atoms with Gasteiger partial charge in [0.1, 0.15) is 0 Å². The van der Waals surface area contributed by atoms with Crippen molar-refractivity contribution in [3.63, 3.8) is 0 Å². The van der Waals surface area contributed by atoms with Crippen LogP contribution in [0.5, 0.6) is 0 Å². The summed E-state index contributed by atoms with van der Waals surface area (Å²) < 4.78 is 0. The molecule has 1 aromatic rings. The number of rotatable bonds is 6. The first-order chi connectivity index (χ1) is 7.24. The fourth-order valence-electron chi connectivity index (χ4n) is 1.47. The minimum atomic E-state index is -0.230. The van der Waals surface area contributed by atoms with E-state index in [0.29, 0.717) is 0 Å². The summed E-state index contributed by atoms with van der Waals surface area (Å²) in [6.45, 7) is 5.56. The number of nitrogens with one attached hydrogen (secondary N) is 1. The van der Waals surface area contributed by atoms with Crippen LogP contribution in [-0.4, -0.2) is 22.7 Å². The molecule has 0 radical (unpaired) electrons.